The van der Waals surface area contributed by atoms with Crippen LogP contribution in [0.15, 0.2) is 23.4 Å². The van der Waals surface area contributed by atoms with Crippen LogP contribution < -0.4 is 4.90 Å². The van der Waals surface area contributed by atoms with Gasteiger partial charge in [0, 0.05) is 25.0 Å². The van der Waals surface area contributed by atoms with Gasteiger partial charge in [-0.3, -0.25) is 0 Å². The van der Waals surface area contributed by atoms with Crippen LogP contribution in [0.4, 0.5) is 19.0 Å². The van der Waals surface area contributed by atoms with Gasteiger partial charge in [-0.2, -0.15) is 18.3 Å². The maximum Gasteiger partial charge on any atom is 0.435 e. The lowest BCUT2D eigenvalue weighted by atomic mass is 10.1. The van der Waals surface area contributed by atoms with Crippen molar-refractivity contribution in [2.45, 2.75) is 57.4 Å². The molecule has 168 valence electrons. The lowest BCUT2D eigenvalue weighted by Crippen LogP contribution is -2.44. The molecule has 0 spiro atoms. The SMILES string of the molecule is CCC(C)N(c1c(C)c(C(F)(F)F)nn1-c1ccc(S(C)(=O)=O)nc1)C(C)COC. The van der Waals surface area contributed by atoms with E-state index in [1.54, 1.807) is 0 Å². The van der Waals surface area contributed by atoms with Crippen molar-refractivity contribution >= 4 is 15.7 Å². The van der Waals surface area contributed by atoms with Crippen LogP contribution in [-0.4, -0.2) is 55.2 Å². The molecule has 2 aromatic rings. The van der Waals surface area contributed by atoms with Crippen molar-refractivity contribution in [3.8, 4) is 5.69 Å². The minimum absolute atomic E-state index is 0.0158. The number of anilines is 1. The fourth-order valence-electron chi connectivity index (χ4n) is 3.33. The van der Waals surface area contributed by atoms with Crippen LogP contribution in [0.3, 0.4) is 0 Å². The number of halogens is 3. The van der Waals surface area contributed by atoms with Gasteiger partial charge in [-0.15, -0.1) is 0 Å². The highest BCUT2D eigenvalue weighted by Crippen LogP contribution is 2.38. The Morgan fingerprint density at radius 1 is 1.23 bits per heavy atom. The zero-order chi connectivity index (χ0) is 22.9. The molecule has 7 nitrogen and oxygen atoms in total. The lowest BCUT2D eigenvalue weighted by Gasteiger charge is -2.36. The Bertz CT molecular complexity index is 972. The smallest absolute Gasteiger partial charge is 0.383 e. The van der Waals surface area contributed by atoms with Crippen LogP contribution in [0.25, 0.3) is 5.69 Å². The molecule has 2 aromatic heterocycles. The molecule has 2 unspecified atom stereocenters. The molecule has 0 bridgehead atoms. The van der Waals surface area contributed by atoms with Crippen molar-refractivity contribution in [2.24, 2.45) is 0 Å². The van der Waals surface area contributed by atoms with Gasteiger partial charge < -0.3 is 9.64 Å². The highest BCUT2D eigenvalue weighted by Gasteiger charge is 2.40. The minimum atomic E-state index is -4.64. The Labute approximate surface area is 174 Å². The van der Waals surface area contributed by atoms with E-state index in [0.717, 1.165) is 6.26 Å². The summed E-state index contributed by atoms with van der Waals surface area (Å²) in [6.45, 7) is 7.42. The number of methoxy groups -OCH3 is 1. The summed E-state index contributed by atoms with van der Waals surface area (Å²) in [5.41, 5.74) is -0.783. The van der Waals surface area contributed by atoms with Crippen molar-refractivity contribution in [3.05, 3.63) is 29.6 Å². The molecule has 0 N–H and O–H groups in total. The van der Waals surface area contributed by atoms with Gasteiger partial charge in [0.05, 0.1) is 24.5 Å². The van der Waals surface area contributed by atoms with Crippen LogP contribution in [0.1, 0.15) is 38.4 Å². The van der Waals surface area contributed by atoms with Crippen LogP contribution in [0.5, 0.6) is 0 Å². The molecule has 2 rings (SSSR count). The summed E-state index contributed by atoms with van der Waals surface area (Å²) >= 11 is 0. The summed E-state index contributed by atoms with van der Waals surface area (Å²) in [5, 5.41) is 3.68. The number of hydrogen-bond donors (Lipinski definition) is 0. The third-order valence-corrected chi connectivity index (χ3v) is 5.90. The van der Waals surface area contributed by atoms with Crippen molar-refractivity contribution in [2.75, 3.05) is 24.9 Å². The van der Waals surface area contributed by atoms with Gasteiger partial charge in [0.1, 0.15) is 5.82 Å². The molecule has 0 aliphatic carbocycles. The van der Waals surface area contributed by atoms with E-state index in [1.807, 2.05) is 25.7 Å². The van der Waals surface area contributed by atoms with E-state index >= 15 is 0 Å². The van der Waals surface area contributed by atoms with Gasteiger partial charge in [-0.1, -0.05) is 6.92 Å². The lowest BCUT2D eigenvalue weighted by molar-refractivity contribution is -0.141. The zero-order valence-corrected chi connectivity index (χ0v) is 18.7. The van der Waals surface area contributed by atoms with Crippen LogP contribution in [0, 0.1) is 6.92 Å². The fraction of sp³-hybridized carbons (Fsp3) is 0.579. The Balaban J connectivity index is 2.76. The van der Waals surface area contributed by atoms with E-state index in [4.69, 9.17) is 4.74 Å². The first-order valence-corrected chi connectivity index (χ1v) is 11.3. The molecule has 0 saturated heterocycles. The molecule has 0 aromatic carbocycles. The summed E-state index contributed by atoms with van der Waals surface area (Å²) in [5.74, 6) is 0.273. The maximum absolute atomic E-state index is 13.7. The summed E-state index contributed by atoms with van der Waals surface area (Å²) < 4.78 is 70.8. The average Bonchev–Trinajstić information content (AvgIpc) is 2.99. The second kappa shape index (κ2) is 8.93. The number of hydrogen-bond acceptors (Lipinski definition) is 6. The number of alkyl halides is 3. The molecule has 0 aliphatic heterocycles. The molecule has 11 heteroatoms. The van der Waals surface area contributed by atoms with Gasteiger partial charge in [0.15, 0.2) is 20.6 Å². The minimum Gasteiger partial charge on any atom is -0.383 e. The van der Waals surface area contributed by atoms with E-state index in [0.29, 0.717) is 13.0 Å². The molecule has 0 saturated carbocycles. The number of ether oxygens (including phenoxy) is 1. The summed E-state index contributed by atoms with van der Waals surface area (Å²) in [7, 11) is -2.01. The van der Waals surface area contributed by atoms with Gasteiger partial charge >= 0.3 is 6.18 Å². The number of rotatable bonds is 8. The van der Waals surface area contributed by atoms with Gasteiger partial charge in [-0.25, -0.2) is 18.1 Å². The molecular weight excluding hydrogens is 421 g/mol. The second-order valence-electron chi connectivity index (χ2n) is 7.30. The Kier molecular flexibility index (Phi) is 7.18. The van der Waals surface area contributed by atoms with E-state index in [9.17, 15) is 21.6 Å². The molecule has 2 heterocycles. The van der Waals surface area contributed by atoms with E-state index < -0.39 is 21.7 Å². The van der Waals surface area contributed by atoms with Gasteiger partial charge in [-0.05, 0) is 39.3 Å². The standard InChI is InChI=1S/C19H27F3N4O3S/c1-7-12(2)25(13(3)11-29-5)18-14(4)17(19(20,21)22)24-26(18)15-8-9-16(23-10-15)30(6,27)28/h8-10,12-13H,7,11H2,1-6H3. The van der Waals surface area contributed by atoms with E-state index in [2.05, 4.69) is 10.1 Å². The van der Waals surface area contributed by atoms with Crippen LogP contribution >= 0.6 is 0 Å². The molecule has 0 radical (unpaired) electrons. The molecule has 0 fully saturated rings. The first-order chi connectivity index (χ1) is 13.8. The molecule has 30 heavy (non-hydrogen) atoms. The normalized spacial score (nSPS) is 14.6. The van der Waals surface area contributed by atoms with E-state index in [-0.39, 0.29) is 34.2 Å². The van der Waals surface area contributed by atoms with Crippen molar-refractivity contribution in [1.82, 2.24) is 14.8 Å². The zero-order valence-electron chi connectivity index (χ0n) is 17.9. The highest BCUT2D eigenvalue weighted by atomic mass is 32.2. The maximum atomic E-state index is 13.7. The molecule has 0 amide bonds. The average molecular weight is 449 g/mol. The quantitative estimate of drug-likeness (QED) is 0.614. The van der Waals surface area contributed by atoms with Gasteiger partial charge in [0.2, 0.25) is 0 Å². The van der Waals surface area contributed by atoms with Crippen molar-refractivity contribution < 1.29 is 26.3 Å². The predicted octanol–water partition coefficient (Wildman–Crippen LogP) is 3.64. The Morgan fingerprint density at radius 2 is 1.87 bits per heavy atom. The van der Waals surface area contributed by atoms with Crippen LogP contribution in [0.2, 0.25) is 0 Å². The molecule has 2 atom stereocenters. The highest BCUT2D eigenvalue weighted by molar-refractivity contribution is 7.90. The third-order valence-electron chi connectivity index (χ3n) is 4.90. The summed E-state index contributed by atoms with van der Waals surface area (Å²) in [4.78, 5) is 5.75. The van der Waals surface area contributed by atoms with Crippen molar-refractivity contribution in [1.29, 1.82) is 0 Å². The first kappa shape index (κ1) is 24.1. The molecule has 0 aliphatic rings. The number of nitrogens with zero attached hydrogens (tertiary/aromatic N) is 4. The summed E-state index contributed by atoms with van der Waals surface area (Å²) in [6, 6.07) is 2.32. The predicted molar refractivity (Wildman–Crippen MR) is 108 cm³/mol. The monoisotopic (exact) mass is 448 g/mol. The Hall–Kier alpha value is -2.14. The third kappa shape index (κ3) is 4.94. The largest absolute Gasteiger partial charge is 0.435 e. The molecular formula is C19H27F3N4O3S. The first-order valence-electron chi connectivity index (χ1n) is 9.43. The Morgan fingerprint density at radius 3 is 2.30 bits per heavy atom. The topological polar surface area (TPSA) is 77.3 Å². The fourth-order valence-corrected chi connectivity index (χ4v) is 3.89. The summed E-state index contributed by atoms with van der Waals surface area (Å²) in [6.07, 6.45) is -1.74. The van der Waals surface area contributed by atoms with E-state index in [1.165, 1.54) is 37.0 Å². The number of aromatic nitrogens is 3. The van der Waals surface area contributed by atoms with Crippen LogP contribution in [-0.2, 0) is 20.8 Å². The number of pyridine rings is 1. The van der Waals surface area contributed by atoms with Gasteiger partial charge in [0.25, 0.3) is 0 Å². The van der Waals surface area contributed by atoms with Crippen molar-refractivity contribution in [3.63, 3.8) is 0 Å². The number of sulfone groups is 1. The second-order valence-corrected chi connectivity index (χ2v) is 9.27.